The van der Waals surface area contributed by atoms with Gasteiger partial charge in [0.05, 0.1) is 5.54 Å². The van der Waals surface area contributed by atoms with Crippen molar-refractivity contribution in [3.63, 3.8) is 0 Å². The maximum Gasteiger partial charge on any atom is 0.237 e. The van der Waals surface area contributed by atoms with Gasteiger partial charge in [-0.15, -0.1) is 0 Å². The molecule has 1 unspecified atom stereocenters. The number of ether oxygens (including phenoxy) is 1. The van der Waals surface area contributed by atoms with Crippen molar-refractivity contribution in [3.8, 4) is 5.75 Å². The number of hydrogen-bond donors (Lipinski definition) is 3. The van der Waals surface area contributed by atoms with E-state index >= 15 is 0 Å². The monoisotopic (exact) mass is 320 g/mol. The highest BCUT2D eigenvalue weighted by Crippen LogP contribution is 2.28. The minimum Gasteiger partial charge on any atom is -0.491 e. The zero-order valence-electron chi connectivity index (χ0n) is 14.1. The SMILES string of the molecule is Cc1ccc(OCC(O)CNC2(C(N)=O)CCCCC2)c(C)c1. The Labute approximate surface area is 138 Å². The number of β-amino-alcohol motifs (C(OH)–C–C–N with tert-alkyl or cyclic N) is 1. The third-order valence-electron chi connectivity index (χ3n) is 4.62. The van der Waals surface area contributed by atoms with Crippen molar-refractivity contribution >= 4 is 5.91 Å². The third-order valence-corrected chi connectivity index (χ3v) is 4.62. The highest BCUT2D eigenvalue weighted by molar-refractivity contribution is 5.84. The van der Waals surface area contributed by atoms with Gasteiger partial charge in [0.1, 0.15) is 18.5 Å². The molecule has 1 aliphatic carbocycles. The number of aryl methyl sites for hydroxylation is 2. The van der Waals surface area contributed by atoms with E-state index in [0.29, 0.717) is 6.54 Å². The van der Waals surface area contributed by atoms with Gasteiger partial charge in [-0.1, -0.05) is 37.0 Å². The highest BCUT2D eigenvalue weighted by atomic mass is 16.5. The Morgan fingerprint density at radius 2 is 2.04 bits per heavy atom. The van der Waals surface area contributed by atoms with Crippen LogP contribution in [0.3, 0.4) is 0 Å². The molecule has 1 aromatic carbocycles. The Balaban J connectivity index is 1.84. The van der Waals surface area contributed by atoms with Gasteiger partial charge < -0.3 is 20.9 Å². The van der Waals surface area contributed by atoms with E-state index < -0.39 is 11.6 Å². The zero-order chi connectivity index (χ0) is 16.9. The van der Waals surface area contributed by atoms with Crippen LogP contribution in [0.25, 0.3) is 0 Å². The Hall–Kier alpha value is -1.59. The van der Waals surface area contributed by atoms with Crippen LogP contribution in [0.15, 0.2) is 18.2 Å². The molecule has 0 saturated heterocycles. The Bertz CT molecular complexity index is 539. The van der Waals surface area contributed by atoms with Crippen molar-refractivity contribution in [1.29, 1.82) is 0 Å². The Morgan fingerprint density at radius 1 is 1.35 bits per heavy atom. The summed E-state index contributed by atoms with van der Waals surface area (Å²) in [5.41, 5.74) is 7.13. The van der Waals surface area contributed by atoms with Crippen molar-refractivity contribution < 1.29 is 14.6 Å². The van der Waals surface area contributed by atoms with Crippen LogP contribution >= 0.6 is 0 Å². The number of aliphatic hydroxyl groups excluding tert-OH is 1. The first-order valence-corrected chi connectivity index (χ1v) is 8.36. The molecule has 23 heavy (non-hydrogen) atoms. The average Bonchev–Trinajstić information content (AvgIpc) is 2.53. The molecule has 0 aromatic heterocycles. The number of rotatable bonds is 7. The number of aliphatic hydroxyl groups is 1. The van der Waals surface area contributed by atoms with Crippen LogP contribution < -0.4 is 15.8 Å². The molecule has 128 valence electrons. The fourth-order valence-electron chi connectivity index (χ4n) is 3.18. The van der Waals surface area contributed by atoms with Crippen LogP contribution in [-0.4, -0.2) is 35.8 Å². The van der Waals surface area contributed by atoms with Gasteiger partial charge in [0.15, 0.2) is 0 Å². The second-order valence-corrected chi connectivity index (χ2v) is 6.62. The predicted molar refractivity (Wildman–Crippen MR) is 90.4 cm³/mol. The standard InChI is InChI=1S/C18H28N2O3/c1-13-6-7-16(14(2)10-13)23-12-15(21)11-20-18(17(19)22)8-4-3-5-9-18/h6-7,10,15,20-21H,3-5,8-9,11-12H2,1-2H3,(H2,19,22). The van der Waals surface area contributed by atoms with Gasteiger partial charge in [-0.3, -0.25) is 4.79 Å². The summed E-state index contributed by atoms with van der Waals surface area (Å²) >= 11 is 0. The topological polar surface area (TPSA) is 84.6 Å². The summed E-state index contributed by atoms with van der Waals surface area (Å²) < 4.78 is 5.68. The van der Waals surface area contributed by atoms with E-state index in [4.69, 9.17) is 10.5 Å². The van der Waals surface area contributed by atoms with Crippen molar-refractivity contribution in [2.45, 2.75) is 57.6 Å². The predicted octanol–water partition coefficient (Wildman–Crippen LogP) is 1.82. The molecule has 1 atom stereocenters. The van der Waals surface area contributed by atoms with Crippen LogP contribution in [0, 0.1) is 13.8 Å². The molecule has 0 aliphatic heterocycles. The molecular weight excluding hydrogens is 292 g/mol. The van der Waals surface area contributed by atoms with Gasteiger partial charge in [0.2, 0.25) is 5.91 Å². The summed E-state index contributed by atoms with van der Waals surface area (Å²) in [6.45, 7) is 4.50. The number of carbonyl (C=O) groups is 1. The maximum absolute atomic E-state index is 11.8. The van der Waals surface area contributed by atoms with Crippen molar-refractivity contribution in [2.24, 2.45) is 5.73 Å². The zero-order valence-corrected chi connectivity index (χ0v) is 14.1. The van der Waals surface area contributed by atoms with E-state index in [9.17, 15) is 9.90 Å². The molecule has 1 amide bonds. The van der Waals surface area contributed by atoms with Gasteiger partial charge in [0, 0.05) is 6.54 Å². The third kappa shape index (κ3) is 4.69. The molecule has 1 aliphatic rings. The lowest BCUT2D eigenvalue weighted by molar-refractivity contribution is -0.126. The lowest BCUT2D eigenvalue weighted by Crippen LogP contribution is -2.58. The van der Waals surface area contributed by atoms with Gasteiger partial charge in [0.25, 0.3) is 0 Å². The second kappa shape index (κ2) is 7.79. The fourth-order valence-corrected chi connectivity index (χ4v) is 3.18. The van der Waals surface area contributed by atoms with E-state index in [1.807, 2.05) is 32.0 Å². The lowest BCUT2D eigenvalue weighted by Gasteiger charge is -2.36. The largest absolute Gasteiger partial charge is 0.491 e. The number of primary amides is 1. The number of hydrogen-bond acceptors (Lipinski definition) is 4. The molecule has 1 fully saturated rings. The quantitative estimate of drug-likeness (QED) is 0.715. The van der Waals surface area contributed by atoms with E-state index in [2.05, 4.69) is 5.32 Å². The molecule has 4 N–H and O–H groups in total. The first-order chi connectivity index (χ1) is 10.9. The van der Waals surface area contributed by atoms with Gasteiger partial charge >= 0.3 is 0 Å². The summed E-state index contributed by atoms with van der Waals surface area (Å²) in [5.74, 6) is 0.455. The van der Waals surface area contributed by atoms with Gasteiger partial charge in [-0.05, 0) is 38.3 Å². The van der Waals surface area contributed by atoms with Crippen molar-refractivity contribution in [3.05, 3.63) is 29.3 Å². The molecule has 0 spiro atoms. The van der Waals surface area contributed by atoms with Gasteiger partial charge in [-0.25, -0.2) is 0 Å². The van der Waals surface area contributed by atoms with E-state index in [1.165, 1.54) is 5.56 Å². The van der Waals surface area contributed by atoms with Crippen LogP contribution in [0.1, 0.15) is 43.2 Å². The summed E-state index contributed by atoms with van der Waals surface area (Å²) in [6, 6.07) is 5.94. The maximum atomic E-state index is 11.8. The number of carbonyl (C=O) groups excluding carboxylic acids is 1. The smallest absolute Gasteiger partial charge is 0.237 e. The molecule has 0 bridgehead atoms. The summed E-state index contributed by atoms with van der Waals surface area (Å²) in [7, 11) is 0. The number of nitrogens with two attached hydrogens (primary N) is 1. The average molecular weight is 320 g/mol. The molecular formula is C18H28N2O3. The molecule has 0 heterocycles. The number of amides is 1. The minimum absolute atomic E-state index is 0.186. The molecule has 1 saturated carbocycles. The van der Waals surface area contributed by atoms with E-state index in [0.717, 1.165) is 43.4 Å². The number of benzene rings is 1. The summed E-state index contributed by atoms with van der Waals surface area (Å²) in [4.78, 5) is 11.8. The molecule has 0 radical (unpaired) electrons. The Kier molecular flexibility index (Phi) is 6.02. The number of nitrogens with one attached hydrogen (secondary N) is 1. The second-order valence-electron chi connectivity index (χ2n) is 6.62. The highest BCUT2D eigenvalue weighted by Gasteiger charge is 2.37. The Morgan fingerprint density at radius 3 is 2.65 bits per heavy atom. The first-order valence-electron chi connectivity index (χ1n) is 8.36. The fraction of sp³-hybridized carbons (Fsp3) is 0.611. The van der Waals surface area contributed by atoms with Crippen LogP contribution in [0.5, 0.6) is 5.75 Å². The van der Waals surface area contributed by atoms with E-state index in [1.54, 1.807) is 0 Å². The van der Waals surface area contributed by atoms with Crippen LogP contribution in [-0.2, 0) is 4.79 Å². The van der Waals surface area contributed by atoms with Gasteiger partial charge in [-0.2, -0.15) is 0 Å². The molecule has 5 heteroatoms. The minimum atomic E-state index is -0.686. The molecule has 1 aromatic rings. The molecule has 2 rings (SSSR count). The van der Waals surface area contributed by atoms with Crippen LogP contribution in [0.4, 0.5) is 0 Å². The van der Waals surface area contributed by atoms with Crippen LogP contribution in [0.2, 0.25) is 0 Å². The summed E-state index contributed by atoms with van der Waals surface area (Å²) in [5, 5.41) is 13.3. The van der Waals surface area contributed by atoms with E-state index in [-0.39, 0.29) is 12.5 Å². The lowest BCUT2D eigenvalue weighted by atomic mass is 9.81. The summed E-state index contributed by atoms with van der Waals surface area (Å²) in [6.07, 6.45) is 3.92. The van der Waals surface area contributed by atoms with Crippen molar-refractivity contribution in [2.75, 3.05) is 13.2 Å². The van der Waals surface area contributed by atoms with Crippen molar-refractivity contribution in [1.82, 2.24) is 5.32 Å². The normalized spacial score (nSPS) is 18.4. The molecule has 5 nitrogen and oxygen atoms in total. The first kappa shape index (κ1) is 17.8.